The van der Waals surface area contributed by atoms with Crippen molar-refractivity contribution >= 4 is 11.8 Å². The number of nitrogens with one attached hydrogen (secondary N) is 1. The highest BCUT2D eigenvalue weighted by Gasteiger charge is 2.39. The number of ether oxygens (including phenoxy) is 3. The molecule has 3 rings (SSSR count). The van der Waals surface area contributed by atoms with Crippen LogP contribution >= 0.6 is 0 Å². The number of carbonyl (C=O) groups is 1. The van der Waals surface area contributed by atoms with Crippen LogP contribution in [-0.2, 0) is 31.8 Å². The van der Waals surface area contributed by atoms with E-state index in [0.717, 1.165) is 11.8 Å². The van der Waals surface area contributed by atoms with Gasteiger partial charge in [-0.1, -0.05) is 30.3 Å². The number of halogens is 3. The van der Waals surface area contributed by atoms with Crippen LogP contribution in [0.3, 0.4) is 0 Å². The predicted octanol–water partition coefficient (Wildman–Crippen LogP) is 2.33. The Kier molecular flexibility index (Phi) is 9.78. The molecule has 1 fully saturated rings. The van der Waals surface area contributed by atoms with Gasteiger partial charge in [0, 0.05) is 13.0 Å². The molecule has 35 heavy (non-hydrogen) atoms. The van der Waals surface area contributed by atoms with Gasteiger partial charge in [-0.25, -0.2) is 4.98 Å². The van der Waals surface area contributed by atoms with Crippen LogP contribution in [0.5, 0.6) is 0 Å². The van der Waals surface area contributed by atoms with Gasteiger partial charge in [-0.15, -0.1) is 0 Å². The summed E-state index contributed by atoms with van der Waals surface area (Å²) < 4.78 is 54.6. The summed E-state index contributed by atoms with van der Waals surface area (Å²) in [6, 6.07) is 8.48. The first-order valence-corrected chi connectivity index (χ1v) is 11.1. The van der Waals surface area contributed by atoms with Crippen molar-refractivity contribution in [2.75, 3.05) is 25.1 Å². The maximum atomic E-state index is 12.8. The summed E-state index contributed by atoms with van der Waals surface area (Å²) in [6.45, 7) is 0.464. The second-order valence-electron chi connectivity index (χ2n) is 8.07. The molecule has 0 aliphatic carbocycles. The molecule has 1 aromatic heterocycles. The first kappa shape index (κ1) is 26.8. The van der Waals surface area contributed by atoms with E-state index in [-0.39, 0.29) is 38.0 Å². The van der Waals surface area contributed by atoms with Crippen LogP contribution in [0.4, 0.5) is 19.0 Å². The molecule has 1 aliphatic heterocycles. The number of anilines is 1. The van der Waals surface area contributed by atoms with E-state index in [2.05, 4.69) is 15.3 Å². The fourth-order valence-electron chi connectivity index (χ4n) is 3.40. The van der Waals surface area contributed by atoms with E-state index in [1.165, 1.54) is 0 Å². The van der Waals surface area contributed by atoms with Crippen molar-refractivity contribution in [2.45, 2.75) is 56.4 Å². The summed E-state index contributed by atoms with van der Waals surface area (Å²) >= 11 is 0. The molecule has 0 amide bonds. The van der Waals surface area contributed by atoms with Gasteiger partial charge in [0.1, 0.15) is 30.7 Å². The zero-order valence-corrected chi connectivity index (χ0v) is 18.9. The van der Waals surface area contributed by atoms with E-state index in [1.807, 2.05) is 30.3 Å². The molecule has 3 N–H and O–H groups in total. The quantitative estimate of drug-likeness (QED) is 0.316. The van der Waals surface area contributed by atoms with Crippen LogP contribution in [0.25, 0.3) is 0 Å². The van der Waals surface area contributed by atoms with Gasteiger partial charge in [-0.05, 0) is 18.4 Å². The molecule has 4 atom stereocenters. The molecule has 192 valence electrons. The minimum atomic E-state index is -4.66. The second-order valence-corrected chi connectivity index (χ2v) is 8.07. The normalized spacial score (nSPS) is 22.5. The van der Waals surface area contributed by atoms with Crippen molar-refractivity contribution in [1.82, 2.24) is 9.97 Å². The Hall–Kier alpha value is -2.80. The number of benzene rings is 1. The summed E-state index contributed by atoms with van der Waals surface area (Å²) in [7, 11) is 0. The summed E-state index contributed by atoms with van der Waals surface area (Å²) in [6.07, 6.45) is -5.04. The minimum absolute atomic E-state index is 0.00671. The van der Waals surface area contributed by atoms with Crippen molar-refractivity contribution < 1.29 is 42.4 Å². The Morgan fingerprint density at radius 2 is 1.91 bits per heavy atom. The molecule has 2 aromatic rings. The Labute approximate surface area is 200 Å². The molecule has 0 radical (unpaired) electrons. The molecule has 12 heteroatoms. The number of alkyl halides is 3. The maximum Gasteiger partial charge on any atom is 0.434 e. The Balaban J connectivity index is 1.31. The van der Waals surface area contributed by atoms with Gasteiger partial charge in [0.15, 0.2) is 5.69 Å². The number of hydrogen-bond acceptors (Lipinski definition) is 9. The van der Waals surface area contributed by atoms with E-state index in [4.69, 9.17) is 14.2 Å². The highest BCUT2D eigenvalue weighted by molar-refractivity contribution is 5.69. The first-order valence-electron chi connectivity index (χ1n) is 11.1. The van der Waals surface area contributed by atoms with Crippen LogP contribution in [0.1, 0.15) is 30.5 Å². The number of unbranched alkanes of at least 4 members (excludes halogenated alkanes) is 1. The predicted molar refractivity (Wildman–Crippen MR) is 117 cm³/mol. The van der Waals surface area contributed by atoms with E-state index in [9.17, 15) is 28.2 Å². The number of nitrogens with zero attached hydrogens (tertiary/aromatic N) is 2. The first-order chi connectivity index (χ1) is 16.7. The molecule has 0 spiro atoms. The lowest BCUT2D eigenvalue weighted by Gasteiger charge is -2.38. The Morgan fingerprint density at radius 3 is 2.66 bits per heavy atom. The summed E-state index contributed by atoms with van der Waals surface area (Å²) in [5.74, 6) is -0.497. The summed E-state index contributed by atoms with van der Waals surface area (Å²) in [5.41, 5.74) is -0.261. The van der Waals surface area contributed by atoms with Gasteiger partial charge >= 0.3 is 12.1 Å². The maximum absolute atomic E-state index is 12.8. The molecule has 1 aliphatic rings. The Bertz CT molecular complexity index is 934. The van der Waals surface area contributed by atoms with Gasteiger partial charge < -0.3 is 29.7 Å². The van der Waals surface area contributed by atoms with Crippen LogP contribution in [0.2, 0.25) is 0 Å². The summed E-state index contributed by atoms with van der Waals surface area (Å²) in [4.78, 5) is 18.7. The lowest BCUT2D eigenvalue weighted by atomic mass is 9.98. The second kappa shape index (κ2) is 12.8. The van der Waals surface area contributed by atoms with E-state index >= 15 is 0 Å². The topological polar surface area (TPSA) is 123 Å². The summed E-state index contributed by atoms with van der Waals surface area (Å²) in [5, 5.41) is 23.3. The lowest BCUT2D eigenvalue weighted by Crippen LogP contribution is -2.57. The van der Waals surface area contributed by atoms with Crippen LogP contribution in [-0.4, -0.2) is 70.3 Å². The molecule has 0 unspecified atom stereocenters. The van der Waals surface area contributed by atoms with Crippen molar-refractivity contribution in [3.8, 4) is 0 Å². The molecule has 0 saturated carbocycles. The van der Waals surface area contributed by atoms with Gasteiger partial charge in [-0.2, -0.15) is 13.2 Å². The monoisotopic (exact) mass is 499 g/mol. The van der Waals surface area contributed by atoms with Crippen molar-refractivity contribution in [2.24, 2.45) is 0 Å². The SMILES string of the molecule is O=C(CCCCOC[C@H]1OC[C@H](Nc2cncc(C(F)(F)F)n2)[C@@H](O)[C@H]1O)OCc1ccccc1. The van der Waals surface area contributed by atoms with Crippen LogP contribution in [0, 0.1) is 0 Å². The third-order valence-corrected chi connectivity index (χ3v) is 5.34. The zero-order chi connectivity index (χ0) is 25.3. The Morgan fingerprint density at radius 1 is 1.14 bits per heavy atom. The van der Waals surface area contributed by atoms with E-state index in [1.54, 1.807) is 0 Å². The van der Waals surface area contributed by atoms with Gasteiger partial charge in [0.25, 0.3) is 0 Å². The fourth-order valence-corrected chi connectivity index (χ4v) is 3.40. The van der Waals surface area contributed by atoms with Crippen molar-refractivity contribution in [3.05, 3.63) is 54.0 Å². The number of aliphatic hydroxyl groups excluding tert-OH is 2. The average Bonchev–Trinajstić information content (AvgIpc) is 2.84. The number of hydrogen-bond donors (Lipinski definition) is 3. The average molecular weight is 499 g/mol. The standard InChI is InChI=1S/C23H28F3N3O6/c24-23(25,26)18-10-27-11-19(29-18)28-16-13-34-17(22(32)21(16)31)14-33-9-5-4-8-20(30)35-12-15-6-2-1-3-7-15/h1-3,6-7,10-11,16-17,21-22,31-32H,4-5,8-9,12-14H2,(H,28,29)/t16-,17+,21+,22-/m0/s1. The number of aliphatic hydroxyl groups is 2. The smallest absolute Gasteiger partial charge is 0.434 e. The molecule has 1 saturated heterocycles. The van der Waals surface area contributed by atoms with Gasteiger partial charge in [0.05, 0.1) is 31.6 Å². The molecule has 0 bridgehead atoms. The number of carbonyl (C=O) groups excluding carboxylic acids is 1. The minimum Gasteiger partial charge on any atom is -0.461 e. The largest absolute Gasteiger partial charge is 0.461 e. The van der Waals surface area contributed by atoms with Gasteiger partial charge in [0.2, 0.25) is 0 Å². The highest BCUT2D eigenvalue weighted by Crippen LogP contribution is 2.28. The highest BCUT2D eigenvalue weighted by atomic mass is 19.4. The third-order valence-electron chi connectivity index (χ3n) is 5.34. The third kappa shape index (κ3) is 8.42. The van der Waals surface area contributed by atoms with E-state index in [0.29, 0.717) is 25.6 Å². The number of esters is 1. The van der Waals surface area contributed by atoms with Crippen LogP contribution < -0.4 is 5.32 Å². The van der Waals surface area contributed by atoms with Crippen molar-refractivity contribution in [3.63, 3.8) is 0 Å². The molecular formula is C23H28F3N3O6. The van der Waals surface area contributed by atoms with Crippen molar-refractivity contribution in [1.29, 1.82) is 0 Å². The zero-order valence-electron chi connectivity index (χ0n) is 18.9. The molecule has 9 nitrogen and oxygen atoms in total. The number of rotatable bonds is 11. The molecule has 2 heterocycles. The van der Waals surface area contributed by atoms with Gasteiger partial charge in [-0.3, -0.25) is 9.78 Å². The molecule has 1 aromatic carbocycles. The number of aromatic nitrogens is 2. The van der Waals surface area contributed by atoms with E-state index < -0.39 is 36.2 Å². The fraction of sp³-hybridized carbons (Fsp3) is 0.522. The van der Waals surface area contributed by atoms with Crippen LogP contribution in [0.15, 0.2) is 42.7 Å². The lowest BCUT2D eigenvalue weighted by molar-refractivity contribution is -0.159. The molecular weight excluding hydrogens is 471 g/mol.